The van der Waals surface area contributed by atoms with E-state index in [0.29, 0.717) is 5.92 Å². The zero-order valence-corrected chi connectivity index (χ0v) is 19.8. The van der Waals surface area contributed by atoms with Crippen molar-refractivity contribution in [1.82, 2.24) is 0 Å². The Balaban J connectivity index is 1.89. The van der Waals surface area contributed by atoms with Crippen molar-refractivity contribution in [2.24, 2.45) is 0 Å². The third kappa shape index (κ3) is 7.30. The van der Waals surface area contributed by atoms with Gasteiger partial charge in [-0.15, -0.1) is 0 Å². The topological polar surface area (TPSA) is 49.7 Å². The predicted octanol–water partition coefficient (Wildman–Crippen LogP) is 4.83. The van der Waals surface area contributed by atoms with Crippen LogP contribution in [0, 0.1) is 0 Å². The lowest BCUT2D eigenvalue weighted by Gasteiger charge is -2.34. The Kier molecular flexibility index (Phi) is 8.64. The summed E-state index contributed by atoms with van der Waals surface area (Å²) in [6.07, 6.45) is 3.03. The molecule has 28 heavy (non-hydrogen) atoms. The maximum atomic E-state index is 9.88. The standard InChI is InChI=1S/C23H36O3Si2/c1-20(23-8-6-5-7-9-23)10-11-21-12-14-22(15-13-21)16-17-28(18-24,19-25)26-27(2,3)4/h5-9,12-15,20,24-25H,10-11,16-19H2,1-4H3. The van der Waals surface area contributed by atoms with E-state index >= 15 is 0 Å². The van der Waals surface area contributed by atoms with Crippen LogP contribution in [0.2, 0.25) is 25.7 Å². The highest BCUT2D eigenvalue weighted by molar-refractivity contribution is 6.85. The Bertz CT molecular complexity index is 692. The van der Waals surface area contributed by atoms with Crippen molar-refractivity contribution < 1.29 is 14.3 Å². The van der Waals surface area contributed by atoms with Crippen LogP contribution in [0.25, 0.3) is 0 Å². The average molecular weight is 417 g/mol. The van der Waals surface area contributed by atoms with E-state index in [9.17, 15) is 10.2 Å². The molecule has 2 N–H and O–H groups in total. The minimum atomic E-state index is -2.47. The second kappa shape index (κ2) is 10.5. The summed E-state index contributed by atoms with van der Waals surface area (Å²) in [5.41, 5.74) is 4.01. The molecule has 0 amide bonds. The third-order valence-electron chi connectivity index (χ3n) is 5.23. The Morgan fingerprint density at radius 2 is 1.36 bits per heavy atom. The van der Waals surface area contributed by atoms with E-state index in [0.717, 1.165) is 25.3 Å². The number of aliphatic hydroxyl groups is 2. The highest BCUT2D eigenvalue weighted by Crippen LogP contribution is 2.23. The maximum Gasteiger partial charge on any atom is 0.231 e. The molecule has 0 aliphatic heterocycles. The first-order valence-electron chi connectivity index (χ1n) is 10.3. The molecule has 5 heteroatoms. The van der Waals surface area contributed by atoms with E-state index in [1.54, 1.807) is 0 Å². The Morgan fingerprint density at radius 3 is 1.86 bits per heavy atom. The molecule has 0 bridgehead atoms. The third-order valence-corrected chi connectivity index (χ3v) is 11.7. The van der Waals surface area contributed by atoms with Crippen LogP contribution in [0.15, 0.2) is 54.6 Å². The molecule has 3 nitrogen and oxygen atoms in total. The fraction of sp³-hybridized carbons (Fsp3) is 0.478. The maximum absolute atomic E-state index is 9.88. The number of hydrogen-bond acceptors (Lipinski definition) is 3. The molecule has 0 saturated carbocycles. The van der Waals surface area contributed by atoms with Gasteiger partial charge in [-0.1, -0.05) is 61.5 Å². The number of hydrogen-bond donors (Lipinski definition) is 2. The molecule has 0 aliphatic carbocycles. The summed E-state index contributed by atoms with van der Waals surface area (Å²) in [5.74, 6) is 0.556. The predicted molar refractivity (Wildman–Crippen MR) is 122 cm³/mol. The van der Waals surface area contributed by atoms with E-state index in [-0.39, 0.29) is 12.5 Å². The minimum absolute atomic E-state index is 0.0107. The lowest BCUT2D eigenvalue weighted by molar-refractivity contribution is 0.281. The molecule has 1 unspecified atom stereocenters. The van der Waals surface area contributed by atoms with Gasteiger partial charge in [-0.25, -0.2) is 0 Å². The number of rotatable bonds is 11. The van der Waals surface area contributed by atoms with Gasteiger partial charge in [-0.05, 0) is 67.6 Å². The van der Waals surface area contributed by atoms with E-state index in [1.807, 2.05) is 0 Å². The molecule has 0 aromatic heterocycles. The van der Waals surface area contributed by atoms with Crippen molar-refractivity contribution in [2.45, 2.75) is 57.8 Å². The summed E-state index contributed by atoms with van der Waals surface area (Å²) in [5, 5.41) is 19.8. The molecule has 154 valence electrons. The molecule has 2 aromatic carbocycles. The molecule has 2 aromatic rings. The summed E-state index contributed by atoms with van der Waals surface area (Å²) in [6, 6.07) is 20.2. The largest absolute Gasteiger partial charge is 0.453 e. The van der Waals surface area contributed by atoms with Crippen molar-refractivity contribution >= 4 is 16.6 Å². The molecule has 0 aliphatic rings. The van der Waals surface area contributed by atoms with Gasteiger partial charge in [0.05, 0.1) is 12.5 Å². The first-order chi connectivity index (χ1) is 13.3. The van der Waals surface area contributed by atoms with E-state index in [4.69, 9.17) is 4.12 Å². The Labute approximate surface area is 172 Å². The Hall–Kier alpha value is -1.25. The van der Waals surface area contributed by atoms with Crippen LogP contribution >= 0.6 is 0 Å². The summed E-state index contributed by atoms with van der Waals surface area (Å²) >= 11 is 0. The smallest absolute Gasteiger partial charge is 0.231 e. The number of aliphatic hydroxyl groups excluding tert-OH is 2. The molecule has 0 fully saturated rings. The highest BCUT2D eigenvalue weighted by Gasteiger charge is 2.37. The van der Waals surface area contributed by atoms with Gasteiger partial charge in [0, 0.05) is 0 Å². The number of aryl methyl sites for hydroxylation is 2. The lowest BCUT2D eigenvalue weighted by atomic mass is 9.94. The monoisotopic (exact) mass is 416 g/mol. The number of benzene rings is 2. The summed E-state index contributed by atoms with van der Waals surface area (Å²) in [4.78, 5) is 0. The molecule has 2 rings (SSSR count). The zero-order valence-electron chi connectivity index (χ0n) is 17.8. The second-order valence-corrected chi connectivity index (χ2v) is 17.4. The normalized spacial score (nSPS) is 13.5. The molecule has 1 atom stereocenters. The summed E-state index contributed by atoms with van der Waals surface area (Å²) in [6.45, 7) is 8.64. The van der Waals surface area contributed by atoms with Crippen LogP contribution in [0.3, 0.4) is 0 Å². The van der Waals surface area contributed by atoms with Crippen LogP contribution in [-0.2, 0) is 17.0 Å². The van der Waals surface area contributed by atoms with Crippen molar-refractivity contribution in [1.29, 1.82) is 0 Å². The molecule has 0 heterocycles. The van der Waals surface area contributed by atoms with E-state index < -0.39 is 16.6 Å². The minimum Gasteiger partial charge on any atom is -0.453 e. The molecule has 0 radical (unpaired) electrons. The van der Waals surface area contributed by atoms with Crippen LogP contribution in [0.5, 0.6) is 0 Å². The Morgan fingerprint density at radius 1 is 0.821 bits per heavy atom. The van der Waals surface area contributed by atoms with Crippen molar-refractivity contribution in [3.05, 3.63) is 71.3 Å². The van der Waals surface area contributed by atoms with Gasteiger partial charge >= 0.3 is 0 Å². The van der Waals surface area contributed by atoms with Crippen molar-refractivity contribution in [2.75, 3.05) is 12.5 Å². The van der Waals surface area contributed by atoms with Crippen LogP contribution in [0.4, 0.5) is 0 Å². The first-order valence-corrected chi connectivity index (χ1v) is 16.3. The van der Waals surface area contributed by atoms with E-state index in [2.05, 4.69) is 81.2 Å². The van der Waals surface area contributed by atoms with Gasteiger partial charge in [-0.2, -0.15) is 0 Å². The van der Waals surface area contributed by atoms with E-state index in [1.165, 1.54) is 16.7 Å². The van der Waals surface area contributed by atoms with Crippen molar-refractivity contribution in [3.8, 4) is 0 Å². The summed E-state index contributed by atoms with van der Waals surface area (Å²) < 4.78 is 6.25. The fourth-order valence-corrected chi connectivity index (χ4v) is 10.8. The second-order valence-electron chi connectivity index (χ2n) is 8.88. The fourth-order valence-electron chi connectivity index (χ4n) is 3.55. The molecule has 0 spiro atoms. The SMILES string of the molecule is CC(CCc1ccc(CC[Si](CO)(CO)O[Si](C)(C)C)cc1)c1ccccc1. The van der Waals surface area contributed by atoms with Gasteiger partial charge in [0.1, 0.15) is 0 Å². The van der Waals surface area contributed by atoms with Crippen LogP contribution in [0.1, 0.15) is 36.0 Å². The van der Waals surface area contributed by atoms with Gasteiger partial charge in [0.15, 0.2) is 8.32 Å². The van der Waals surface area contributed by atoms with Gasteiger partial charge < -0.3 is 14.3 Å². The molecule has 0 saturated heterocycles. The highest BCUT2D eigenvalue weighted by atomic mass is 28.4. The average Bonchev–Trinajstić information content (AvgIpc) is 2.70. The van der Waals surface area contributed by atoms with Crippen molar-refractivity contribution in [3.63, 3.8) is 0 Å². The van der Waals surface area contributed by atoms with Gasteiger partial charge in [0.25, 0.3) is 0 Å². The quantitative estimate of drug-likeness (QED) is 0.516. The van der Waals surface area contributed by atoms with Gasteiger partial charge in [0.2, 0.25) is 8.32 Å². The first kappa shape index (κ1) is 23.0. The summed E-state index contributed by atoms with van der Waals surface area (Å²) in [7, 11) is -4.26. The van der Waals surface area contributed by atoms with Crippen LogP contribution in [-0.4, -0.2) is 39.3 Å². The lowest BCUT2D eigenvalue weighted by Crippen LogP contribution is -2.54. The van der Waals surface area contributed by atoms with Crippen LogP contribution < -0.4 is 0 Å². The zero-order chi connectivity index (χ0) is 20.6. The van der Waals surface area contributed by atoms with Gasteiger partial charge in [-0.3, -0.25) is 0 Å². The molecular formula is C23H36O3Si2. The molecular weight excluding hydrogens is 380 g/mol.